The highest BCUT2D eigenvalue weighted by Gasteiger charge is 2.04. The van der Waals surface area contributed by atoms with Gasteiger partial charge in [0.25, 0.3) is 0 Å². The van der Waals surface area contributed by atoms with Gasteiger partial charge in [-0.25, -0.2) is 4.98 Å². The molecule has 0 saturated carbocycles. The number of hydrogen-bond donors (Lipinski definition) is 1. The summed E-state index contributed by atoms with van der Waals surface area (Å²) in [6, 6.07) is 8.06. The molecule has 1 N–H and O–H groups in total. The van der Waals surface area contributed by atoms with Crippen LogP contribution in [0.5, 0.6) is 5.75 Å². The molecule has 1 aromatic carbocycles. The first-order valence-corrected chi connectivity index (χ1v) is 7.03. The molecule has 0 spiro atoms. The number of ether oxygens (including phenoxy) is 1. The summed E-state index contributed by atoms with van der Waals surface area (Å²) in [6.07, 6.45) is 0.204. The van der Waals surface area contributed by atoms with E-state index in [1.165, 1.54) is 0 Å². The van der Waals surface area contributed by atoms with Crippen LogP contribution in [-0.4, -0.2) is 17.6 Å². The van der Waals surface area contributed by atoms with Crippen LogP contribution in [0.15, 0.2) is 29.6 Å². The zero-order valence-electron chi connectivity index (χ0n) is 10.9. The number of hydrogen-bond acceptors (Lipinski definition) is 4. The van der Waals surface area contributed by atoms with Crippen LogP contribution in [0, 0.1) is 0 Å². The summed E-state index contributed by atoms with van der Waals surface area (Å²) in [5, 5.41) is 6.25. The molecule has 0 aliphatic carbocycles. The predicted molar refractivity (Wildman–Crippen MR) is 77.5 cm³/mol. The Bertz CT molecular complexity index is 491. The number of aromatic nitrogens is 1. The van der Waals surface area contributed by atoms with Crippen molar-refractivity contribution in [3.05, 3.63) is 29.6 Å². The van der Waals surface area contributed by atoms with E-state index in [0.29, 0.717) is 0 Å². The lowest BCUT2D eigenvalue weighted by molar-refractivity contribution is 0.242. The van der Waals surface area contributed by atoms with Crippen LogP contribution in [0.25, 0.3) is 11.3 Å². The molecule has 0 amide bonds. The van der Waals surface area contributed by atoms with Gasteiger partial charge in [0.1, 0.15) is 5.75 Å². The molecule has 4 heteroatoms. The maximum Gasteiger partial charge on any atom is 0.183 e. The van der Waals surface area contributed by atoms with Crippen molar-refractivity contribution in [3.63, 3.8) is 0 Å². The van der Waals surface area contributed by atoms with Crippen molar-refractivity contribution < 1.29 is 4.74 Å². The highest BCUT2D eigenvalue weighted by Crippen LogP contribution is 2.26. The van der Waals surface area contributed by atoms with Crippen LogP contribution in [0.3, 0.4) is 0 Å². The minimum Gasteiger partial charge on any atom is -0.491 e. The second-order valence-electron chi connectivity index (χ2n) is 4.26. The van der Waals surface area contributed by atoms with Gasteiger partial charge in [0.2, 0.25) is 0 Å². The molecule has 2 aromatic rings. The van der Waals surface area contributed by atoms with Gasteiger partial charge < -0.3 is 10.1 Å². The molecule has 0 fully saturated rings. The monoisotopic (exact) mass is 262 g/mol. The predicted octanol–water partition coefficient (Wildman–Crippen LogP) is 4.03. The minimum absolute atomic E-state index is 0.204. The summed E-state index contributed by atoms with van der Waals surface area (Å²) in [4.78, 5) is 4.53. The number of benzene rings is 1. The topological polar surface area (TPSA) is 34.2 Å². The van der Waals surface area contributed by atoms with Gasteiger partial charge in [-0.1, -0.05) is 0 Å². The van der Waals surface area contributed by atoms with Gasteiger partial charge in [0, 0.05) is 17.5 Å². The van der Waals surface area contributed by atoms with Crippen molar-refractivity contribution in [3.8, 4) is 17.0 Å². The molecule has 18 heavy (non-hydrogen) atoms. The number of anilines is 1. The van der Waals surface area contributed by atoms with E-state index in [0.717, 1.165) is 28.7 Å². The standard InChI is InChI=1S/C14H18N2OS/c1-4-15-14-16-13(9-18-14)11-5-7-12(8-6-11)17-10(2)3/h5-10H,4H2,1-3H3,(H,15,16). The number of nitrogens with one attached hydrogen (secondary N) is 1. The molecule has 0 atom stereocenters. The van der Waals surface area contributed by atoms with Crippen LogP contribution in [0.4, 0.5) is 5.13 Å². The number of rotatable bonds is 5. The molecule has 1 aromatic heterocycles. The van der Waals surface area contributed by atoms with Crippen LogP contribution in [0.2, 0.25) is 0 Å². The molecular formula is C14H18N2OS. The Morgan fingerprint density at radius 1 is 1.28 bits per heavy atom. The normalized spacial score (nSPS) is 10.7. The van der Waals surface area contributed by atoms with Gasteiger partial charge in [0.05, 0.1) is 11.8 Å². The summed E-state index contributed by atoms with van der Waals surface area (Å²) in [5.41, 5.74) is 2.12. The summed E-state index contributed by atoms with van der Waals surface area (Å²) >= 11 is 1.63. The van der Waals surface area contributed by atoms with Crippen LogP contribution in [-0.2, 0) is 0 Å². The second kappa shape index (κ2) is 5.87. The van der Waals surface area contributed by atoms with Crippen molar-refractivity contribution in [1.29, 1.82) is 0 Å². The maximum absolute atomic E-state index is 5.62. The lowest BCUT2D eigenvalue weighted by Gasteiger charge is -2.09. The van der Waals surface area contributed by atoms with Gasteiger partial charge in [-0.2, -0.15) is 0 Å². The fraction of sp³-hybridized carbons (Fsp3) is 0.357. The van der Waals surface area contributed by atoms with Crippen LogP contribution >= 0.6 is 11.3 Å². The zero-order chi connectivity index (χ0) is 13.0. The van der Waals surface area contributed by atoms with Crippen molar-refractivity contribution in [2.75, 3.05) is 11.9 Å². The van der Waals surface area contributed by atoms with Crippen molar-refractivity contribution in [1.82, 2.24) is 4.98 Å². The molecule has 0 unspecified atom stereocenters. The summed E-state index contributed by atoms with van der Waals surface area (Å²) in [7, 11) is 0. The summed E-state index contributed by atoms with van der Waals surface area (Å²) < 4.78 is 5.62. The first-order valence-electron chi connectivity index (χ1n) is 6.15. The van der Waals surface area contributed by atoms with E-state index in [-0.39, 0.29) is 6.10 Å². The largest absolute Gasteiger partial charge is 0.491 e. The van der Waals surface area contributed by atoms with Gasteiger partial charge >= 0.3 is 0 Å². The fourth-order valence-electron chi connectivity index (χ4n) is 1.62. The lowest BCUT2D eigenvalue weighted by atomic mass is 10.2. The zero-order valence-corrected chi connectivity index (χ0v) is 11.8. The van der Waals surface area contributed by atoms with E-state index >= 15 is 0 Å². The Labute approximate surface area is 112 Å². The second-order valence-corrected chi connectivity index (χ2v) is 5.12. The molecule has 3 nitrogen and oxygen atoms in total. The molecule has 1 heterocycles. The first-order chi connectivity index (χ1) is 8.69. The Morgan fingerprint density at radius 2 is 2.00 bits per heavy atom. The summed E-state index contributed by atoms with van der Waals surface area (Å²) in [6.45, 7) is 7.02. The third-order valence-electron chi connectivity index (χ3n) is 2.35. The average Bonchev–Trinajstić information content (AvgIpc) is 2.78. The van der Waals surface area contributed by atoms with Crippen molar-refractivity contribution >= 4 is 16.5 Å². The van der Waals surface area contributed by atoms with E-state index in [4.69, 9.17) is 4.74 Å². The third-order valence-corrected chi connectivity index (χ3v) is 3.15. The smallest absolute Gasteiger partial charge is 0.183 e. The van der Waals surface area contributed by atoms with Crippen molar-refractivity contribution in [2.24, 2.45) is 0 Å². The van der Waals surface area contributed by atoms with Gasteiger partial charge in [-0.05, 0) is 45.0 Å². The van der Waals surface area contributed by atoms with Gasteiger partial charge in [0.15, 0.2) is 5.13 Å². The minimum atomic E-state index is 0.204. The van der Waals surface area contributed by atoms with E-state index in [9.17, 15) is 0 Å². The number of thiazole rings is 1. The van der Waals surface area contributed by atoms with E-state index in [1.807, 2.05) is 38.1 Å². The molecule has 96 valence electrons. The Balaban J connectivity index is 2.12. The Morgan fingerprint density at radius 3 is 2.61 bits per heavy atom. The fourth-order valence-corrected chi connectivity index (χ4v) is 2.41. The lowest BCUT2D eigenvalue weighted by Crippen LogP contribution is -2.05. The van der Waals surface area contributed by atoms with Crippen LogP contribution in [0.1, 0.15) is 20.8 Å². The SMILES string of the molecule is CCNc1nc(-c2ccc(OC(C)C)cc2)cs1. The molecule has 0 aliphatic rings. The third kappa shape index (κ3) is 3.23. The molecule has 0 radical (unpaired) electrons. The molecular weight excluding hydrogens is 244 g/mol. The van der Waals surface area contributed by atoms with E-state index in [1.54, 1.807) is 11.3 Å². The van der Waals surface area contributed by atoms with Crippen molar-refractivity contribution in [2.45, 2.75) is 26.9 Å². The average molecular weight is 262 g/mol. The quantitative estimate of drug-likeness (QED) is 0.883. The molecule has 0 saturated heterocycles. The first kappa shape index (κ1) is 12.9. The van der Waals surface area contributed by atoms with E-state index in [2.05, 4.69) is 22.6 Å². The highest BCUT2D eigenvalue weighted by molar-refractivity contribution is 7.14. The Hall–Kier alpha value is -1.55. The Kier molecular flexibility index (Phi) is 4.20. The maximum atomic E-state index is 5.62. The highest BCUT2D eigenvalue weighted by atomic mass is 32.1. The summed E-state index contributed by atoms with van der Waals surface area (Å²) in [5.74, 6) is 0.899. The molecule has 0 aliphatic heterocycles. The molecule has 0 bridgehead atoms. The molecule has 2 rings (SSSR count). The van der Waals surface area contributed by atoms with Gasteiger partial charge in [-0.3, -0.25) is 0 Å². The van der Waals surface area contributed by atoms with E-state index < -0.39 is 0 Å². The van der Waals surface area contributed by atoms with Crippen LogP contribution < -0.4 is 10.1 Å². The van der Waals surface area contributed by atoms with Gasteiger partial charge in [-0.15, -0.1) is 11.3 Å². The number of nitrogens with zero attached hydrogens (tertiary/aromatic N) is 1.